The predicted octanol–water partition coefficient (Wildman–Crippen LogP) is 2.48. The van der Waals surface area contributed by atoms with Crippen LogP contribution in [0.25, 0.3) is 0 Å². The van der Waals surface area contributed by atoms with E-state index in [1.165, 1.54) is 0 Å². The minimum atomic E-state index is -0.0918. The molecule has 3 rings (SSSR count). The molecule has 130 valence electrons. The van der Waals surface area contributed by atoms with Gasteiger partial charge in [-0.3, -0.25) is 9.59 Å². The summed E-state index contributed by atoms with van der Waals surface area (Å²) in [6.07, 6.45) is 3.35. The minimum absolute atomic E-state index is 0.00198. The third kappa shape index (κ3) is 3.05. The second-order valence-corrected chi connectivity index (χ2v) is 6.98. The third-order valence-electron chi connectivity index (χ3n) is 5.71. The molecular weight excluding hydrogens is 302 g/mol. The first kappa shape index (κ1) is 17.0. The average Bonchev–Trinajstić information content (AvgIpc) is 3.17. The van der Waals surface area contributed by atoms with Crippen molar-refractivity contribution < 1.29 is 9.59 Å². The topological polar surface area (TPSA) is 75.4 Å². The molecule has 0 aromatic heterocycles. The van der Waals surface area contributed by atoms with E-state index in [-0.39, 0.29) is 23.8 Å². The van der Waals surface area contributed by atoms with Crippen LogP contribution in [0.1, 0.15) is 43.5 Å². The molecule has 2 saturated carbocycles. The van der Waals surface area contributed by atoms with Crippen LogP contribution < -0.4 is 11.1 Å². The van der Waals surface area contributed by atoms with Crippen LogP contribution in [0.2, 0.25) is 0 Å². The summed E-state index contributed by atoms with van der Waals surface area (Å²) in [5.74, 6) is 0.826. The Morgan fingerprint density at radius 3 is 2.54 bits per heavy atom. The van der Waals surface area contributed by atoms with E-state index in [0.717, 1.165) is 19.3 Å². The summed E-state index contributed by atoms with van der Waals surface area (Å²) in [5, 5.41) is 2.98. The first-order valence-electron chi connectivity index (χ1n) is 9.00. The van der Waals surface area contributed by atoms with E-state index < -0.39 is 0 Å². The summed E-state index contributed by atoms with van der Waals surface area (Å²) in [5.41, 5.74) is 7.53. The normalized spacial score (nSPS) is 28.0. The Labute approximate surface area is 143 Å². The highest BCUT2D eigenvalue weighted by Gasteiger charge is 2.49. The fraction of sp³-hybridized carbons (Fsp3) is 0.579. The maximum absolute atomic E-state index is 12.7. The molecule has 3 N–H and O–H groups in total. The zero-order chi connectivity index (χ0) is 17.3. The van der Waals surface area contributed by atoms with Gasteiger partial charge < -0.3 is 16.0 Å². The number of fused-ring (bicyclic) bond motifs is 2. The molecule has 1 aromatic carbocycles. The SMILES string of the molecule is CCN(CC)C(=O)c1cccc(NC(=O)C2C3CCC(C3)C2N)c1. The van der Waals surface area contributed by atoms with E-state index in [9.17, 15) is 9.59 Å². The second kappa shape index (κ2) is 6.93. The number of anilines is 1. The van der Waals surface area contributed by atoms with Gasteiger partial charge in [-0.1, -0.05) is 6.07 Å². The number of carbonyl (C=O) groups is 2. The molecule has 5 nitrogen and oxygen atoms in total. The molecule has 0 saturated heterocycles. The Morgan fingerprint density at radius 2 is 1.92 bits per heavy atom. The van der Waals surface area contributed by atoms with Crippen LogP contribution in [-0.4, -0.2) is 35.8 Å². The van der Waals surface area contributed by atoms with Gasteiger partial charge in [0.15, 0.2) is 0 Å². The van der Waals surface area contributed by atoms with Gasteiger partial charge in [0.2, 0.25) is 5.91 Å². The lowest BCUT2D eigenvalue weighted by molar-refractivity contribution is -0.121. The molecule has 24 heavy (non-hydrogen) atoms. The van der Waals surface area contributed by atoms with E-state index >= 15 is 0 Å². The highest BCUT2D eigenvalue weighted by atomic mass is 16.2. The highest BCUT2D eigenvalue weighted by molar-refractivity contribution is 5.98. The number of benzene rings is 1. The largest absolute Gasteiger partial charge is 0.339 e. The summed E-state index contributed by atoms with van der Waals surface area (Å²) in [6, 6.07) is 7.17. The molecule has 1 aromatic rings. The van der Waals surface area contributed by atoms with E-state index in [0.29, 0.717) is 36.2 Å². The van der Waals surface area contributed by atoms with Gasteiger partial charge in [-0.05, 0) is 63.1 Å². The van der Waals surface area contributed by atoms with Gasteiger partial charge in [-0.15, -0.1) is 0 Å². The van der Waals surface area contributed by atoms with Gasteiger partial charge in [0.1, 0.15) is 0 Å². The molecule has 0 spiro atoms. The van der Waals surface area contributed by atoms with Crippen LogP contribution in [0.15, 0.2) is 24.3 Å². The maximum Gasteiger partial charge on any atom is 0.253 e. The number of nitrogens with one attached hydrogen (secondary N) is 1. The lowest BCUT2D eigenvalue weighted by Gasteiger charge is -2.27. The average molecular weight is 329 g/mol. The summed E-state index contributed by atoms with van der Waals surface area (Å²) in [7, 11) is 0. The summed E-state index contributed by atoms with van der Waals surface area (Å²) >= 11 is 0. The summed E-state index contributed by atoms with van der Waals surface area (Å²) < 4.78 is 0. The van der Waals surface area contributed by atoms with Crippen LogP contribution >= 0.6 is 0 Å². The van der Waals surface area contributed by atoms with Crippen molar-refractivity contribution in [2.75, 3.05) is 18.4 Å². The van der Waals surface area contributed by atoms with Crippen molar-refractivity contribution in [2.45, 2.75) is 39.2 Å². The third-order valence-corrected chi connectivity index (χ3v) is 5.71. The first-order chi connectivity index (χ1) is 11.5. The molecule has 4 unspecified atom stereocenters. The Morgan fingerprint density at radius 1 is 1.21 bits per heavy atom. The molecule has 2 fully saturated rings. The van der Waals surface area contributed by atoms with Gasteiger partial charge in [-0.25, -0.2) is 0 Å². The zero-order valence-electron chi connectivity index (χ0n) is 14.5. The van der Waals surface area contributed by atoms with Crippen molar-refractivity contribution in [1.29, 1.82) is 0 Å². The van der Waals surface area contributed by atoms with Gasteiger partial charge >= 0.3 is 0 Å². The maximum atomic E-state index is 12.7. The smallest absolute Gasteiger partial charge is 0.253 e. The van der Waals surface area contributed by atoms with Crippen LogP contribution in [-0.2, 0) is 4.79 Å². The lowest BCUT2D eigenvalue weighted by Crippen LogP contribution is -2.42. The molecule has 2 aliphatic carbocycles. The van der Waals surface area contributed by atoms with Crippen LogP contribution in [0.3, 0.4) is 0 Å². The molecular formula is C19H27N3O2. The Bertz CT molecular complexity index is 625. The standard InChI is InChI=1S/C19H27N3O2/c1-3-22(4-2)19(24)14-6-5-7-15(11-14)21-18(23)16-12-8-9-13(10-12)17(16)20/h5-7,11-13,16-17H,3-4,8-10,20H2,1-2H3,(H,21,23). The van der Waals surface area contributed by atoms with Crippen LogP contribution in [0, 0.1) is 17.8 Å². The predicted molar refractivity (Wildman–Crippen MR) is 94.6 cm³/mol. The highest BCUT2D eigenvalue weighted by Crippen LogP contribution is 2.47. The van der Waals surface area contributed by atoms with Gasteiger partial charge in [0.25, 0.3) is 5.91 Å². The van der Waals surface area contributed by atoms with Crippen LogP contribution in [0.5, 0.6) is 0 Å². The van der Waals surface area contributed by atoms with Crippen molar-refractivity contribution in [2.24, 2.45) is 23.5 Å². The molecule has 5 heteroatoms. The van der Waals surface area contributed by atoms with Crippen molar-refractivity contribution in [3.63, 3.8) is 0 Å². The molecule has 2 amide bonds. The number of rotatable bonds is 5. The Balaban J connectivity index is 1.71. The van der Waals surface area contributed by atoms with E-state index in [1.54, 1.807) is 17.0 Å². The number of nitrogens with two attached hydrogens (primary N) is 1. The molecule has 0 radical (unpaired) electrons. The number of carbonyl (C=O) groups excluding carboxylic acids is 2. The van der Waals surface area contributed by atoms with Crippen LogP contribution in [0.4, 0.5) is 5.69 Å². The summed E-state index contributed by atoms with van der Waals surface area (Å²) in [6.45, 7) is 5.27. The van der Waals surface area contributed by atoms with Crippen molar-refractivity contribution in [1.82, 2.24) is 4.90 Å². The molecule has 0 heterocycles. The molecule has 2 aliphatic rings. The fourth-order valence-electron chi connectivity index (χ4n) is 4.37. The lowest BCUT2D eigenvalue weighted by atomic mass is 9.84. The van der Waals surface area contributed by atoms with E-state index in [1.807, 2.05) is 26.0 Å². The number of hydrogen-bond donors (Lipinski definition) is 2. The Hall–Kier alpha value is -1.88. The first-order valence-corrected chi connectivity index (χ1v) is 9.00. The fourth-order valence-corrected chi connectivity index (χ4v) is 4.37. The monoisotopic (exact) mass is 329 g/mol. The van der Waals surface area contributed by atoms with Gasteiger partial charge in [-0.2, -0.15) is 0 Å². The number of nitrogens with zero attached hydrogens (tertiary/aromatic N) is 1. The molecule has 4 atom stereocenters. The molecule has 0 aliphatic heterocycles. The number of hydrogen-bond acceptors (Lipinski definition) is 3. The van der Waals surface area contributed by atoms with E-state index in [4.69, 9.17) is 5.73 Å². The summed E-state index contributed by atoms with van der Waals surface area (Å²) in [4.78, 5) is 26.9. The van der Waals surface area contributed by atoms with E-state index in [2.05, 4.69) is 5.32 Å². The quantitative estimate of drug-likeness (QED) is 0.871. The number of amides is 2. The van der Waals surface area contributed by atoms with Crippen molar-refractivity contribution in [3.05, 3.63) is 29.8 Å². The van der Waals surface area contributed by atoms with Crippen molar-refractivity contribution >= 4 is 17.5 Å². The van der Waals surface area contributed by atoms with Gasteiger partial charge in [0, 0.05) is 30.4 Å². The minimum Gasteiger partial charge on any atom is -0.339 e. The molecule has 2 bridgehead atoms. The second-order valence-electron chi connectivity index (χ2n) is 6.98. The Kier molecular flexibility index (Phi) is 4.90. The van der Waals surface area contributed by atoms with Crippen molar-refractivity contribution in [3.8, 4) is 0 Å². The van der Waals surface area contributed by atoms with Gasteiger partial charge in [0.05, 0.1) is 5.92 Å². The zero-order valence-corrected chi connectivity index (χ0v) is 14.5.